The monoisotopic (exact) mass is 460 g/mol. The molecule has 1 N–H and O–H groups in total. The summed E-state index contributed by atoms with van der Waals surface area (Å²) in [5, 5.41) is 8.28. The van der Waals surface area contributed by atoms with Crippen LogP contribution < -0.4 is 14.8 Å². The maximum Gasteiger partial charge on any atom is 0.272 e. The summed E-state index contributed by atoms with van der Waals surface area (Å²) in [6.45, 7) is 0.384. The summed E-state index contributed by atoms with van der Waals surface area (Å²) in [5.74, 6) is 1.02. The van der Waals surface area contributed by atoms with Gasteiger partial charge >= 0.3 is 0 Å². The minimum atomic E-state index is -0.240. The average molecular weight is 461 g/mol. The highest BCUT2D eigenvalue weighted by Crippen LogP contribution is 2.44. The van der Waals surface area contributed by atoms with Crippen LogP contribution in [0.5, 0.6) is 11.5 Å². The number of ether oxygens (including phenoxy) is 2. The van der Waals surface area contributed by atoms with Gasteiger partial charge in [-0.1, -0.05) is 17.7 Å². The lowest BCUT2D eigenvalue weighted by Gasteiger charge is -2.12. The fourth-order valence-electron chi connectivity index (χ4n) is 4.12. The molecule has 0 atom stereocenters. The average Bonchev–Trinajstić information content (AvgIpc) is 3.39. The Morgan fingerprint density at radius 1 is 1.09 bits per heavy atom. The molecule has 0 saturated carbocycles. The molecule has 1 amide bonds. The third-order valence-corrected chi connectivity index (χ3v) is 5.92. The number of rotatable bonds is 6. The van der Waals surface area contributed by atoms with Gasteiger partial charge in [0.1, 0.15) is 0 Å². The molecule has 2 aromatic carbocycles. The van der Waals surface area contributed by atoms with Crippen LogP contribution in [-0.4, -0.2) is 34.9 Å². The van der Waals surface area contributed by atoms with Gasteiger partial charge in [-0.15, -0.1) is 0 Å². The zero-order valence-corrected chi connectivity index (χ0v) is 18.9. The van der Waals surface area contributed by atoms with Crippen molar-refractivity contribution in [3.05, 3.63) is 88.3 Å². The molecule has 5 rings (SSSR count). The lowest BCUT2D eigenvalue weighted by molar-refractivity contribution is 0.0944. The van der Waals surface area contributed by atoms with E-state index >= 15 is 0 Å². The van der Waals surface area contributed by atoms with E-state index in [1.54, 1.807) is 37.4 Å². The first kappa shape index (κ1) is 21.0. The first-order valence-corrected chi connectivity index (χ1v) is 10.8. The van der Waals surface area contributed by atoms with Crippen LogP contribution in [0.15, 0.2) is 60.9 Å². The molecule has 1 aliphatic carbocycles. The summed E-state index contributed by atoms with van der Waals surface area (Å²) in [6, 6.07) is 15.0. The van der Waals surface area contributed by atoms with Crippen LogP contribution in [0.2, 0.25) is 5.02 Å². The highest BCUT2D eigenvalue weighted by atomic mass is 35.5. The third kappa shape index (κ3) is 3.81. The highest BCUT2D eigenvalue weighted by Gasteiger charge is 2.32. The Kier molecular flexibility index (Phi) is 5.48. The quantitative estimate of drug-likeness (QED) is 0.405. The Balaban J connectivity index is 1.60. The maximum absolute atomic E-state index is 13.2. The van der Waals surface area contributed by atoms with Crippen molar-refractivity contribution in [2.24, 2.45) is 0 Å². The number of nitrogens with zero attached hydrogens (tertiary/aromatic N) is 3. The van der Waals surface area contributed by atoms with E-state index in [9.17, 15) is 4.79 Å². The zero-order valence-electron chi connectivity index (χ0n) is 18.1. The van der Waals surface area contributed by atoms with Gasteiger partial charge in [0.15, 0.2) is 17.2 Å². The molecule has 1 aliphatic rings. The second kappa shape index (κ2) is 8.60. The number of methoxy groups -OCH3 is 2. The number of carbonyl (C=O) groups is 1. The lowest BCUT2D eigenvalue weighted by Crippen LogP contribution is -2.24. The van der Waals surface area contributed by atoms with Crippen LogP contribution in [0.1, 0.15) is 27.2 Å². The van der Waals surface area contributed by atoms with Gasteiger partial charge in [0.05, 0.1) is 25.6 Å². The predicted molar refractivity (Wildman–Crippen MR) is 125 cm³/mol. The molecule has 0 unspecified atom stereocenters. The molecular formula is C25H21ClN4O3. The zero-order chi connectivity index (χ0) is 22.9. The van der Waals surface area contributed by atoms with Crippen molar-refractivity contribution < 1.29 is 14.3 Å². The van der Waals surface area contributed by atoms with Gasteiger partial charge in [0.2, 0.25) is 0 Å². The molecule has 2 aromatic heterocycles. The summed E-state index contributed by atoms with van der Waals surface area (Å²) < 4.78 is 12.8. The minimum Gasteiger partial charge on any atom is -0.493 e. The van der Waals surface area contributed by atoms with E-state index in [4.69, 9.17) is 26.2 Å². The molecule has 8 heteroatoms. The Labute approximate surface area is 195 Å². The summed E-state index contributed by atoms with van der Waals surface area (Å²) in [6.07, 6.45) is 3.96. The van der Waals surface area contributed by atoms with Gasteiger partial charge in [0.25, 0.3) is 5.91 Å². The van der Waals surface area contributed by atoms with Crippen LogP contribution in [0, 0.1) is 0 Å². The van der Waals surface area contributed by atoms with Crippen molar-refractivity contribution in [2.75, 3.05) is 14.2 Å². The third-order valence-electron chi connectivity index (χ3n) is 5.69. The van der Waals surface area contributed by atoms with Crippen molar-refractivity contribution in [1.82, 2.24) is 20.1 Å². The number of hydrogen-bond acceptors (Lipinski definition) is 5. The SMILES string of the molecule is COc1cc2c(cc1OC)-c1c(c(C(=O)NCc3ccncc3)nn1-c1cccc(Cl)c1)C2. The first-order valence-electron chi connectivity index (χ1n) is 10.4. The van der Waals surface area contributed by atoms with Crippen molar-refractivity contribution in [3.8, 4) is 28.4 Å². The van der Waals surface area contributed by atoms with Gasteiger partial charge in [-0.3, -0.25) is 9.78 Å². The number of carbonyl (C=O) groups excluding carboxylic acids is 1. The molecule has 33 heavy (non-hydrogen) atoms. The normalized spacial score (nSPS) is 11.6. The summed E-state index contributed by atoms with van der Waals surface area (Å²) in [4.78, 5) is 17.2. The molecule has 7 nitrogen and oxygen atoms in total. The predicted octanol–water partition coefficient (Wildman–Crippen LogP) is 4.44. The van der Waals surface area contributed by atoms with Crippen LogP contribution in [0.3, 0.4) is 0 Å². The number of benzene rings is 2. The first-order chi connectivity index (χ1) is 16.1. The Morgan fingerprint density at radius 3 is 2.58 bits per heavy atom. The molecule has 0 aliphatic heterocycles. The number of halogens is 1. The smallest absolute Gasteiger partial charge is 0.272 e. The van der Waals surface area contributed by atoms with Gasteiger partial charge < -0.3 is 14.8 Å². The molecule has 166 valence electrons. The van der Waals surface area contributed by atoms with Crippen LogP contribution in [-0.2, 0) is 13.0 Å². The second-order valence-corrected chi connectivity index (χ2v) is 8.08. The van der Waals surface area contributed by atoms with E-state index in [2.05, 4.69) is 10.3 Å². The molecule has 2 heterocycles. The van der Waals surface area contributed by atoms with Crippen molar-refractivity contribution >= 4 is 17.5 Å². The Hall–Kier alpha value is -3.84. The maximum atomic E-state index is 13.2. The van der Waals surface area contributed by atoms with E-state index in [0.717, 1.165) is 33.6 Å². The molecule has 0 bridgehead atoms. The number of hydrogen-bond donors (Lipinski definition) is 1. The molecule has 0 radical (unpaired) electrons. The molecule has 0 spiro atoms. The topological polar surface area (TPSA) is 78.3 Å². The molecule has 0 fully saturated rings. The van der Waals surface area contributed by atoms with E-state index in [1.807, 2.05) is 42.5 Å². The van der Waals surface area contributed by atoms with Gasteiger partial charge in [0, 0.05) is 41.5 Å². The van der Waals surface area contributed by atoms with E-state index in [0.29, 0.717) is 35.2 Å². The number of nitrogens with one attached hydrogen (secondary N) is 1. The fourth-order valence-corrected chi connectivity index (χ4v) is 4.30. The highest BCUT2D eigenvalue weighted by molar-refractivity contribution is 6.30. The largest absolute Gasteiger partial charge is 0.493 e. The van der Waals surface area contributed by atoms with Crippen molar-refractivity contribution in [1.29, 1.82) is 0 Å². The Bertz CT molecular complexity index is 1350. The molecule has 4 aromatic rings. The van der Waals surface area contributed by atoms with Crippen LogP contribution in [0.25, 0.3) is 16.9 Å². The van der Waals surface area contributed by atoms with Gasteiger partial charge in [-0.25, -0.2) is 4.68 Å². The van der Waals surface area contributed by atoms with E-state index < -0.39 is 0 Å². The number of amides is 1. The summed E-state index contributed by atoms with van der Waals surface area (Å²) in [7, 11) is 3.21. The lowest BCUT2D eigenvalue weighted by atomic mass is 10.1. The van der Waals surface area contributed by atoms with Crippen molar-refractivity contribution in [3.63, 3.8) is 0 Å². The van der Waals surface area contributed by atoms with Gasteiger partial charge in [-0.2, -0.15) is 5.10 Å². The standard InChI is InChI=1S/C25H21ClN4O3/c1-32-21-11-16-10-20-23(25(31)28-14-15-6-8-27-9-7-15)29-30(18-5-3-4-17(26)12-18)24(20)19(16)13-22(21)33-2/h3-9,11-13H,10,14H2,1-2H3,(H,28,31). The second-order valence-electron chi connectivity index (χ2n) is 7.65. The van der Waals surface area contributed by atoms with E-state index in [-0.39, 0.29) is 5.91 Å². The fraction of sp³-hybridized carbons (Fsp3) is 0.160. The molecule has 0 saturated heterocycles. The van der Waals surface area contributed by atoms with E-state index in [1.165, 1.54) is 0 Å². The molecular weight excluding hydrogens is 440 g/mol. The Morgan fingerprint density at radius 2 is 1.85 bits per heavy atom. The summed E-state index contributed by atoms with van der Waals surface area (Å²) >= 11 is 6.26. The number of aromatic nitrogens is 3. The van der Waals surface area contributed by atoms with Gasteiger partial charge in [-0.05, 0) is 53.6 Å². The number of pyridine rings is 1. The summed E-state index contributed by atoms with van der Waals surface area (Å²) in [5.41, 5.74) is 5.81. The van der Waals surface area contributed by atoms with Crippen LogP contribution >= 0.6 is 11.6 Å². The minimum absolute atomic E-state index is 0.240. The van der Waals surface area contributed by atoms with Crippen LogP contribution in [0.4, 0.5) is 0 Å². The van der Waals surface area contributed by atoms with Crippen molar-refractivity contribution in [2.45, 2.75) is 13.0 Å². The number of fused-ring (bicyclic) bond motifs is 3.